The van der Waals surface area contributed by atoms with Crippen LogP contribution in [0.2, 0.25) is 0 Å². The lowest BCUT2D eigenvalue weighted by molar-refractivity contribution is -0.127. The molecule has 0 bridgehead atoms. The Labute approximate surface area is 160 Å². The van der Waals surface area contributed by atoms with E-state index in [0.29, 0.717) is 12.3 Å². The van der Waals surface area contributed by atoms with Gasteiger partial charge in [0.2, 0.25) is 5.91 Å². The molecule has 5 nitrogen and oxygen atoms in total. The van der Waals surface area contributed by atoms with Crippen molar-refractivity contribution in [1.29, 1.82) is 0 Å². The van der Waals surface area contributed by atoms with E-state index in [1.54, 1.807) is 29.5 Å². The van der Waals surface area contributed by atoms with Gasteiger partial charge < -0.3 is 9.32 Å². The Bertz CT molecular complexity index is 934. The van der Waals surface area contributed by atoms with Crippen LogP contribution in [-0.2, 0) is 24.2 Å². The van der Waals surface area contributed by atoms with E-state index in [1.807, 2.05) is 19.1 Å². The number of hydrogen-bond acceptors (Lipinski definition) is 6. The summed E-state index contributed by atoms with van der Waals surface area (Å²) in [7, 11) is 1.80. The van der Waals surface area contributed by atoms with Gasteiger partial charge >= 0.3 is 0 Å². The highest BCUT2D eigenvalue weighted by atomic mass is 32.2. The third-order valence-electron chi connectivity index (χ3n) is 4.62. The summed E-state index contributed by atoms with van der Waals surface area (Å²) >= 11 is 3.32. The van der Waals surface area contributed by atoms with Crippen molar-refractivity contribution in [2.45, 2.75) is 44.2 Å². The summed E-state index contributed by atoms with van der Waals surface area (Å²) in [6.45, 7) is 2.41. The lowest BCUT2D eigenvalue weighted by atomic mass is 9.97. The van der Waals surface area contributed by atoms with Crippen molar-refractivity contribution in [1.82, 2.24) is 14.9 Å². The van der Waals surface area contributed by atoms with Crippen molar-refractivity contribution >= 4 is 39.2 Å². The van der Waals surface area contributed by atoms with Crippen molar-refractivity contribution in [3.8, 4) is 0 Å². The minimum atomic E-state index is 0.0694. The molecular formula is C19H21N3O2S2. The van der Waals surface area contributed by atoms with Gasteiger partial charge in [-0.2, -0.15) is 0 Å². The third-order valence-corrected chi connectivity index (χ3v) is 6.77. The molecule has 0 atom stereocenters. The smallest absolute Gasteiger partial charge is 0.233 e. The Hall–Kier alpha value is -1.86. The van der Waals surface area contributed by atoms with Crippen LogP contribution < -0.4 is 0 Å². The first-order chi connectivity index (χ1) is 12.6. The molecule has 7 heteroatoms. The molecule has 0 aliphatic heterocycles. The summed E-state index contributed by atoms with van der Waals surface area (Å²) in [4.78, 5) is 26.0. The molecule has 136 valence electrons. The zero-order chi connectivity index (χ0) is 18.1. The number of hydrogen-bond donors (Lipinski definition) is 0. The highest BCUT2D eigenvalue weighted by Crippen LogP contribution is 2.39. The Morgan fingerprint density at radius 2 is 2.19 bits per heavy atom. The normalized spacial score (nSPS) is 13.8. The molecule has 3 aromatic heterocycles. The summed E-state index contributed by atoms with van der Waals surface area (Å²) in [6.07, 6.45) is 6.35. The molecule has 0 saturated heterocycles. The summed E-state index contributed by atoms with van der Waals surface area (Å²) < 4.78 is 5.32. The molecule has 26 heavy (non-hydrogen) atoms. The Morgan fingerprint density at radius 3 is 3.00 bits per heavy atom. The zero-order valence-corrected chi connectivity index (χ0v) is 16.6. The highest BCUT2D eigenvalue weighted by molar-refractivity contribution is 8.00. The number of fused-ring (bicyclic) bond motifs is 3. The van der Waals surface area contributed by atoms with E-state index in [0.717, 1.165) is 34.3 Å². The first-order valence-electron chi connectivity index (χ1n) is 8.80. The van der Waals surface area contributed by atoms with Gasteiger partial charge in [-0.3, -0.25) is 4.79 Å². The van der Waals surface area contributed by atoms with E-state index in [1.165, 1.54) is 40.4 Å². The van der Waals surface area contributed by atoms with Crippen LogP contribution in [0.15, 0.2) is 27.8 Å². The first-order valence-corrected chi connectivity index (χ1v) is 10.6. The number of nitrogens with zero attached hydrogens (tertiary/aromatic N) is 3. The summed E-state index contributed by atoms with van der Waals surface area (Å²) in [5, 5.41) is 2.13. The highest BCUT2D eigenvalue weighted by Gasteiger charge is 2.21. The Morgan fingerprint density at radius 1 is 1.35 bits per heavy atom. The number of furan rings is 1. The molecule has 0 radical (unpaired) electrons. The molecule has 1 aliphatic rings. The van der Waals surface area contributed by atoms with Crippen molar-refractivity contribution in [3.05, 3.63) is 40.4 Å². The van der Waals surface area contributed by atoms with Gasteiger partial charge in [-0.05, 0) is 50.3 Å². The van der Waals surface area contributed by atoms with Gasteiger partial charge in [-0.1, -0.05) is 11.8 Å². The molecular weight excluding hydrogens is 366 g/mol. The van der Waals surface area contributed by atoms with Crippen LogP contribution in [0.1, 0.15) is 34.9 Å². The van der Waals surface area contributed by atoms with E-state index < -0.39 is 0 Å². The number of thioether (sulfide) groups is 1. The molecule has 3 heterocycles. The quantitative estimate of drug-likeness (QED) is 0.484. The molecule has 0 spiro atoms. The predicted molar refractivity (Wildman–Crippen MR) is 105 cm³/mol. The molecule has 3 aromatic rings. The first kappa shape index (κ1) is 17.5. The minimum absolute atomic E-state index is 0.0694. The average molecular weight is 388 g/mol. The topological polar surface area (TPSA) is 59.2 Å². The van der Waals surface area contributed by atoms with E-state index in [-0.39, 0.29) is 5.91 Å². The molecule has 1 aliphatic carbocycles. The lowest BCUT2D eigenvalue weighted by Gasteiger charge is -2.16. The lowest BCUT2D eigenvalue weighted by Crippen LogP contribution is -2.27. The van der Waals surface area contributed by atoms with E-state index >= 15 is 0 Å². The number of aryl methyl sites for hydroxylation is 3. The molecule has 4 rings (SSSR count). The van der Waals surface area contributed by atoms with Crippen LogP contribution in [0.3, 0.4) is 0 Å². The molecule has 0 unspecified atom stereocenters. The van der Waals surface area contributed by atoms with Gasteiger partial charge in [0.25, 0.3) is 0 Å². The second-order valence-corrected chi connectivity index (χ2v) is 8.63. The van der Waals surface area contributed by atoms with Gasteiger partial charge in [0.1, 0.15) is 21.4 Å². The Kier molecular flexibility index (Phi) is 5.00. The third kappa shape index (κ3) is 3.50. The van der Waals surface area contributed by atoms with Gasteiger partial charge in [0, 0.05) is 17.3 Å². The fourth-order valence-electron chi connectivity index (χ4n) is 3.29. The summed E-state index contributed by atoms with van der Waals surface area (Å²) in [5.74, 6) is 2.00. The van der Waals surface area contributed by atoms with Crippen molar-refractivity contribution < 1.29 is 9.21 Å². The maximum Gasteiger partial charge on any atom is 0.233 e. The van der Waals surface area contributed by atoms with Crippen LogP contribution in [0.4, 0.5) is 0 Å². The largest absolute Gasteiger partial charge is 0.467 e. The van der Waals surface area contributed by atoms with Gasteiger partial charge in [0.15, 0.2) is 0 Å². The van der Waals surface area contributed by atoms with Crippen molar-refractivity contribution in [2.75, 3.05) is 12.8 Å². The Balaban J connectivity index is 1.53. The second kappa shape index (κ2) is 7.40. The van der Waals surface area contributed by atoms with E-state index in [2.05, 4.69) is 9.97 Å². The van der Waals surface area contributed by atoms with Gasteiger partial charge in [-0.15, -0.1) is 11.3 Å². The van der Waals surface area contributed by atoms with Crippen LogP contribution in [0.25, 0.3) is 10.2 Å². The number of thiophene rings is 1. The summed E-state index contributed by atoms with van der Waals surface area (Å²) in [5.41, 5.74) is 1.41. The zero-order valence-electron chi connectivity index (χ0n) is 14.9. The maximum absolute atomic E-state index is 12.5. The standard InChI is InChI=1S/C19H21N3O2S2/c1-12-20-18(17-14-7-3-4-8-15(14)26-19(17)21-12)25-11-16(23)22(2)10-13-6-5-9-24-13/h5-6,9H,3-4,7-8,10-11H2,1-2H3. The molecule has 0 fully saturated rings. The van der Waals surface area contributed by atoms with Crippen LogP contribution in [-0.4, -0.2) is 33.6 Å². The predicted octanol–water partition coefficient (Wildman–Crippen LogP) is 4.22. The SMILES string of the molecule is Cc1nc(SCC(=O)N(C)Cc2ccco2)c2c3c(sc2n1)CCCC3. The number of carbonyl (C=O) groups excluding carboxylic acids is 1. The molecule has 1 amide bonds. The molecule has 0 saturated carbocycles. The van der Waals surface area contributed by atoms with E-state index in [4.69, 9.17) is 4.42 Å². The van der Waals surface area contributed by atoms with Crippen LogP contribution >= 0.6 is 23.1 Å². The fourth-order valence-corrected chi connectivity index (χ4v) is 5.71. The number of rotatable bonds is 5. The summed E-state index contributed by atoms with van der Waals surface area (Å²) in [6, 6.07) is 3.72. The average Bonchev–Trinajstić information content (AvgIpc) is 3.26. The second-order valence-electron chi connectivity index (χ2n) is 6.58. The van der Waals surface area contributed by atoms with Crippen molar-refractivity contribution in [3.63, 3.8) is 0 Å². The fraction of sp³-hybridized carbons (Fsp3) is 0.421. The van der Waals surface area contributed by atoms with Gasteiger partial charge in [0.05, 0.1) is 18.6 Å². The molecule has 0 N–H and O–H groups in total. The van der Waals surface area contributed by atoms with E-state index in [9.17, 15) is 4.79 Å². The molecule has 0 aromatic carbocycles. The van der Waals surface area contributed by atoms with Gasteiger partial charge in [-0.25, -0.2) is 9.97 Å². The maximum atomic E-state index is 12.5. The van der Waals surface area contributed by atoms with Crippen LogP contribution in [0, 0.1) is 6.92 Å². The minimum Gasteiger partial charge on any atom is -0.467 e. The van der Waals surface area contributed by atoms with Crippen molar-refractivity contribution in [2.24, 2.45) is 0 Å². The number of aromatic nitrogens is 2. The monoisotopic (exact) mass is 387 g/mol. The van der Waals surface area contributed by atoms with Crippen LogP contribution in [0.5, 0.6) is 0 Å². The number of amides is 1. The number of carbonyl (C=O) groups is 1.